The van der Waals surface area contributed by atoms with Crippen LogP contribution >= 0.6 is 0 Å². The van der Waals surface area contributed by atoms with Gasteiger partial charge >= 0.3 is 0 Å². The van der Waals surface area contributed by atoms with E-state index in [1.807, 2.05) is 0 Å². The third-order valence-electron chi connectivity index (χ3n) is 2.10. The average Bonchev–Trinajstić information content (AvgIpc) is 2.15. The fraction of sp³-hybridized carbons (Fsp3) is 0.273. The van der Waals surface area contributed by atoms with Gasteiger partial charge in [0.05, 0.1) is 0 Å². The summed E-state index contributed by atoms with van der Waals surface area (Å²) in [5.41, 5.74) is 4.51. The molecule has 0 fully saturated rings. The molecule has 0 aliphatic carbocycles. The summed E-state index contributed by atoms with van der Waals surface area (Å²) >= 11 is 0. The predicted octanol–water partition coefficient (Wildman–Crippen LogP) is 0.525. The van der Waals surface area contributed by atoms with Gasteiger partial charge in [0, 0.05) is 12.5 Å². The maximum Gasteiger partial charge on any atom is 0.258 e. The molecule has 5 nitrogen and oxygen atoms in total. The summed E-state index contributed by atoms with van der Waals surface area (Å²) in [4.78, 5) is 22.2. The number of hydrogen-bond acceptors (Lipinski definition) is 3. The summed E-state index contributed by atoms with van der Waals surface area (Å²) < 4.78 is 13.3. The highest BCUT2D eigenvalue weighted by molar-refractivity contribution is 5.97. The Morgan fingerprint density at radius 2 is 2.18 bits per heavy atom. The molecule has 2 amide bonds. The molecule has 0 bridgehead atoms. The van der Waals surface area contributed by atoms with Crippen LogP contribution in [-0.4, -0.2) is 23.0 Å². The summed E-state index contributed by atoms with van der Waals surface area (Å²) in [6.07, 6.45) is -0.0546. The third-order valence-corrected chi connectivity index (χ3v) is 2.10. The Labute approximate surface area is 97.4 Å². The number of carbonyl (C=O) groups is 2. The van der Waals surface area contributed by atoms with Crippen LogP contribution in [0.15, 0.2) is 18.2 Å². The molecule has 1 aromatic rings. The van der Waals surface area contributed by atoms with Crippen molar-refractivity contribution in [2.45, 2.75) is 19.4 Å². The molecule has 17 heavy (non-hydrogen) atoms. The molecule has 1 aromatic carbocycles. The van der Waals surface area contributed by atoms with E-state index in [2.05, 4.69) is 5.32 Å². The van der Waals surface area contributed by atoms with E-state index in [-0.39, 0.29) is 6.42 Å². The second-order valence-corrected chi connectivity index (χ2v) is 3.68. The van der Waals surface area contributed by atoms with Crippen LogP contribution < -0.4 is 11.1 Å². The van der Waals surface area contributed by atoms with Gasteiger partial charge in [0.15, 0.2) is 0 Å². The quantitative estimate of drug-likeness (QED) is 0.716. The fourth-order valence-corrected chi connectivity index (χ4v) is 1.39. The van der Waals surface area contributed by atoms with Crippen LogP contribution in [0.3, 0.4) is 0 Å². The molecular weight excluding hydrogens is 227 g/mol. The highest BCUT2D eigenvalue weighted by atomic mass is 19.1. The van der Waals surface area contributed by atoms with E-state index in [0.717, 1.165) is 6.07 Å². The second-order valence-electron chi connectivity index (χ2n) is 3.68. The van der Waals surface area contributed by atoms with Crippen molar-refractivity contribution in [3.8, 4) is 5.75 Å². The SMILES string of the molecule is CC(CC(N)=O)NC(=O)c1c(O)cccc1F. The first-order valence-electron chi connectivity index (χ1n) is 4.98. The minimum atomic E-state index is -0.825. The highest BCUT2D eigenvalue weighted by Gasteiger charge is 2.18. The number of aromatic hydroxyl groups is 1. The molecule has 0 heterocycles. The molecule has 0 aromatic heterocycles. The van der Waals surface area contributed by atoms with Crippen molar-refractivity contribution in [2.24, 2.45) is 5.73 Å². The molecule has 4 N–H and O–H groups in total. The largest absolute Gasteiger partial charge is 0.507 e. The molecule has 0 spiro atoms. The zero-order valence-corrected chi connectivity index (χ0v) is 9.24. The normalized spacial score (nSPS) is 11.9. The number of phenols is 1. The molecule has 92 valence electrons. The van der Waals surface area contributed by atoms with Crippen molar-refractivity contribution in [1.82, 2.24) is 5.32 Å². The number of rotatable bonds is 4. The van der Waals surface area contributed by atoms with Crippen molar-refractivity contribution in [3.63, 3.8) is 0 Å². The monoisotopic (exact) mass is 240 g/mol. The van der Waals surface area contributed by atoms with Crippen LogP contribution in [0.25, 0.3) is 0 Å². The summed E-state index contributed by atoms with van der Waals surface area (Å²) in [5.74, 6) is -2.63. The van der Waals surface area contributed by atoms with Crippen molar-refractivity contribution in [1.29, 1.82) is 0 Å². The Hall–Kier alpha value is -2.11. The van der Waals surface area contributed by atoms with Gasteiger partial charge in [0.2, 0.25) is 5.91 Å². The van der Waals surface area contributed by atoms with Gasteiger partial charge in [-0.3, -0.25) is 9.59 Å². The van der Waals surface area contributed by atoms with E-state index in [4.69, 9.17) is 5.73 Å². The molecule has 0 saturated carbocycles. The predicted molar refractivity (Wildman–Crippen MR) is 58.8 cm³/mol. The van der Waals surface area contributed by atoms with Crippen molar-refractivity contribution in [2.75, 3.05) is 0 Å². The van der Waals surface area contributed by atoms with E-state index in [0.29, 0.717) is 0 Å². The lowest BCUT2D eigenvalue weighted by Gasteiger charge is -2.13. The van der Waals surface area contributed by atoms with Gasteiger partial charge in [-0.15, -0.1) is 0 Å². The standard InChI is InChI=1S/C11H13FN2O3/c1-6(5-9(13)16)14-11(17)10-7(12)3-2-4-8(10)15/h2-4,6,15H,5H2,1H3,(H2,13,16)(H,14,17). The Bertz CT molecular complexity index is 428. The van der Waals surface area contributed by atoms with E-state index in [1.165, 1.54) is 12.1 Å². The minimum absolute atomic E-state index is 0.0546. The maximum atomic E-state index is 13.3. The van der Waals surface area contributed by atoms with E-state index < -0.39 is 35.0 Å². The zero-order chi connectivity index (χ0) is 13.0. The molecule has 0 radical (unpaired) electrons. The van der Waals surface area contributed by atoms with Crippen molar-refractivity contribution < 1.29 is 19.1 Å². The molecular formula is C11H13FN2O3. The van der Waals surface area contributed by atoms with Gasteiger partial charge in [-0.1, -0.05) is 6.07 Å². The Morgan fingerprint density at radius 1 is 1.53 bits per heavy atom. The van der Waals surface area contributed by atoms with Crippen LogP contribution in [0.5, 0.6) is 5.75 Å². The number of phenolic OH excluding ortho intramolecular Hbond substituents is 1. The van der Waals surface area contributed by atoms with Crippen LogP contribution in [0.2, 0.25) is 0 Å². The maximum absolute atomic E-state index is 13.3. The Kier molecular flexibility index (Phi) is 4.03. The summed E-state index contributed by atoms with van der Waals surface area (Å²) in [6.45, 7) is 1.56. The van der Waals surface area contributed by atoms with Crippen molar-refractivity contribution >= 4 is 11.8 Å². The van der Waals surface area contributed by atoms with Crippen LogP contribution in [0.1, 0.15) is 23.7 Å². The van der Waals surface area contributed by atoms with Gasteiger partial charge in [0.1, 0.15) is 17.1 Å². The lowest BCUT2D eigenvalue weighted by Crippen LogP contribution is -2.36. The summed E-state index contributed by atoms with van der Waals surface area (Å²) in [5, 5.41) is 11.7. The highest BCUT2D eigenvalue weighted by Crippen LogP contribution is 2.19. The lowest BCUT2D eigenvalue weighted by atomic mass is 10.1. The number of halogens is 1. The average molecular weight is 240 g/mol. The molecule has 0 aliphatic rings. The fourth-order valence-electron chi connectivity index (χ4n) is 1.39. The molecule has 0 aliphatic heterocycles. The van der Waals surface area contributed by atoms with Gasteiger partial charge in [-0.25, -0.2) is 4.39 Å². The van der Waals surface area contributed by atoms with E-state index >= 15 is 0 Å². The first-order valence-corrected chi connectivity index (χ1v) is 4.98. The van der Waals surface area contributed by atoms with Crippen LogP contribution in [0, 0.1) is 5.82 Å². The molecule has 0 saturated heterocycles. The first kappa shape index (κ1) is 13.0. The van der Waals surface area contributed by atoms with Crippen molar-refractivity contribution in [3.05, 3.63) is 29.6 Å². The molecule has 1 unspecified atom stereocenters. The number of benzene rings is 1. The molecule has 6 heteroatoms. The Morgan fingerprint density at radius 3 is 2.71 bits per heavy atom. The lowest BCUT2D eigenvalue weighted by molar-refractivity contribution is -0.118. The zero-order valence-electron chi connectivity index (χ0n) is 9.24. The number of hydrogen-bond donors (Lipinski definition) is 3. The third kappa shape index (κ3) is 3.44. The summed E-state index contributed by atoms with van der Waals surface area (Å²) in [6, 6.07) is 3.03. The molecule has 1 atom stereocenters. The topological polar surface area (TPSA) is 92.4 Å². The van der Waals surface area contributed by atoms with Gasteiger partial charge in [-0.05, 0) is 19.1 Å². The Balaban J connectivity index is 2.80. The molecule has 1 rings (SSSR count). The van der Waals surface area contributed by atoms with Crippen LogP contribution in [-0.2, 0) is 4.79 Å². The number of nitrogens with two attached hydrogens (primary N) is 1. The smallest absolute Gasteiger partial charge is 0.258 e. The van der Waals surface area contributed by atoms with Gasteiger partial charge in [-0.2, -0.15) is 0 Å². The number of primary amides is 1. The minimum Gasteiger partial charge on any atom is -0.507 e. The summed E-state index contributed by atoms with van der Waals surface area (Å²) in [7, 11) is 0. The van der Waals surface area contributed by atoms with E-state index in [1.54, 1.807) is 6.92 Å². The number of amides is 2. The van der Waals surface area contributed by atoms with Gasteiger partial charge in [0.25, 0.3) is 5.91 Å². The van der Waals surface area contributed by atoms with Crippen LogP contribution in [0.4, 0.5) is 4.39 Å². The first-order chi connectivity index (χ1) is 7.91. The van der Waals surface area contributed by atoms with Gasteiger partial charge < -0.3 is 16.2 Å². The second kappa shape index (κ2) is 5.29. The number of carbonyl (C=O) groups excluding carboxylic acids is 2. The number of nitrogens with one attached hydrogen (secondary N) is 1. The van der Waals surface area contributed by atoms with E-state index in [9.17, 15) is 19.1 Å².